The van der Waals surface area contributed by atoms with Gasteiger partial charge in [-0.05, 0) is 12.0 Å². The van der Waals surface area contributed by atoms with Crippen molar-refractivity contribution >= 4 is 18.5 Å². The largest absolute Gasteiger partial charge is 0.168 e. The molecular formula is C30H63ClSi. The number of halogens is 1. The maximum atomic E-state index is 6.75. The molecule has 0 heterocycles. The predicted octanol–water partition coefficient (Wildman–Crippen LogP) is 12.4. The summed E-state index contributed by atoms with van der Waals surface area (Å²) < 4.78 is 0. The maximum Gasteiger partial charge on any atom is 0.150 e. The smallest absolute Gasteiger partial charge is 0.150 e. The summed E-state index contributed by atoms with van der Waals surface area (Å²) >= 11 is 6.75. The van der Waals surface area contributed by atoms with E-state index in [0.717, 1.165) is 5.92 Å². The third kappa shape index (κ3) is 26.8. The van der Waals surface area contributed by atoms with Crippen LogP contribution in [-0.4, -0.2) is 7.38 Å². The molecule has 0 saturated carbocycles. The predicted molar refractivity (Wildman–Crippen MR) is 154 cm³/mol. The van der Waals surface area contributed by atoms with Gasteiger partial charge in [0, 0.05) is 0 Å². The molecule has 0 fully saturated rings. The second-order valence-electron chi connectivity index (χ2n) is 11.4. The fraction of sp³-hybridized carbons (Fsp3) is 1.00. The first-order valence-corrected chi connectivity index (χ1v) is 19.4. The van der Waals surface area contributed by atoms with Crippen LogP contribution in [0.4, 0.5) is 0 Å². The lowest BCUT2D eigenvalue weighted by Crippen LogP contribution is -2.21. The summed E-state index contributed by atoms with van der Waals surface area (Å²) in [7, 11) is -1.45. The van der Waals surface area contributed by atoms with E-state index in [1.165, 1.54) is 160 Å². The highest BCUT2D eigenvalue weighted by atomic mass is 35.6. The van der Waals surface area contributed by atoms with Crippen molar-refractivity contribution in [1.82, 2.24) is 0 Å². The fourth-order valence-corrected chi connectivity index (χ4v) is 7.67. The van der Waals surface area contributed by atoms with Gasteiger partial charge in [0.05, 0.1) is 0 Å². The molecule has 0 amide bonds. The molecule has 0 aliphatic rings. The molecule has 1 atom stereocenters. The van der Waals surface area contributed by atoms with Crippen LogP contribution in [0, 0.1) is 5.92 Å². The van der Waals surface area contributed by atoms with Crippen molar-refractivity contribution < 1.29 is 0 Å². The first kappa shape index (κ1) is 32.5. The van der Waals surface area contributed by atoms with Gasteiger partial charge >= 0.3 is 0 Å². The van der Waals surface area contributed by atoms with Crippen molar-refractivity contribution in [3.05, 3.63) is 0 Å². The van der Waals surface area contributed by atoms with Gasteiger partial charge in [-0.1, -0.05) is 181 Å². The van der Waals surface area contributed by atoms with Gasteiger partial charge in [-0.3, -0.25) is 0 Å². The van der Waals surface area contributed by atoms with E-state index in [9.17, 15) is 0 Å². The Morgan fingerprint density at radius 1 is 0.438 bits per heavy atom. The van der Waals surface area contributed by atoms with Crippen molar-refractivity contribution in [3.63, 3.8) is 0 Å². The van der Waals surface area contributed by atoms with Crippen LogP contribution in [0.5, 0.6) is 0 Å². The minimum absolute atomic E-state index is 0.909. The number of hydrogen-bond donors (Lipinski definition) is 0. The Bertz CT molecular complexity index is 349. The average molecular weight is 487 g/mol. The zero-order valence-corrected chi connectivity index (χ0v) is 24.9. The van der Waals surface area contributed by atoms with E-state index in [1.54, 1.807) is 0 Å². The molecule has 32 heavy (non-hydrogen) atoms. The van der Waals surface area contributed by atoms with Crippen LogP contribution in [-0.2, 0) is 0 Å². The Labute approximate surface area is 211 Å². The summed E-state index contributed by atoms with van der Waals surface area (Å²) in [5, 5.41) is 0. The van der Waals surface area contributed by atoms with Crippen LogP contribution < -0.4 is 0 Å². The van der Waals surface area contributed by atoms with Crippen LogP contribution in [0.3, 0.4) is 0 Å². The van der Waals surface area contributed by atoms with Gasteiger partial charge in [-0.15, -0.1) is 0 Å². The lowest BCUT2D eigenvalue weighted by atomic mass is 9.95. The van der Waals surface area contributed by atoms with Gasteiger partial charge in [-0.25, -0.2) is 0 Å². The summed E-state index contributed by atoms with van der Waals surface area (Å²) in [5.74, 6) is 0.909. The summed E-state index contributed by atoms with van der Waals surface area (Å²) in [6.07, 6.45) is 34.8. The molecule has 0 radical (unpaired) electrons. The van der Waals surface area contributed by atoms with Crippen molar-refractivity contribution in [2.24, 2.45) is 5.92 Å². The standard InChI is InChI=1S/C30H63ClSi/c1-5-7-9-11-13-15-17-18-20-22-24-26-28-30(29-32(3,4)31)27-25-23-21-19-16-14-12-10-8-6-2/h30H,5-29H2,1-4H3/t30-/m1/s1. The third-order valence-corrected chi connectivity index (χ3v) is 9.22. The Kier molecular flexibility index (Phi) is 25.0. The zero-order chi connectivity index (χ0) is 23.8. The van der Waals surface area contributed by atoms with Gasteiger partial charge in [-0.2, -0.15) is 11.1 Å². The van der Waals surface area contributed by atoms with Crippen LogP contribution in [0.2, 0.25) is 19.1 Å². The van der Waals surface area contributed by atoms with Crippen molar-refractivity contribution in [3.8, 4) is 0 Å². The topological polar surface area (TPSA) is 0 Å². The quantitative estimate of drug-likeness (QED) is 0.0647. The summed E-state index contributed by atoms with van der Waals surface area (Å²) in [6, 6.07) is 1.34. The van der Waals surface area contributed by atoms with Crippen LogP contribution in [0.1, 0.15) is 168 Å². The minimum atomic E-state index is -1.45. The van der Waals surface area contributed by atoms with Gasteiger partial charge in [0.2, 0.25) is 0 Å². The number of hydrogen-bond acceptors (Lipinski definition) is 0. The monoisotopic (exact) mass is 486 g/mol. The Hall–Kier alpha value is 0.507. The zero-order valence-electron chi connectivity index (χ0n) is 23.1. The third-order valence-electron chi connectivity index (χ3n) is 7.21. The average Bonchev–Trinajstić information content (AvgIpc) is 2.74. The maximum absolute atomic E-state index is 6.75. The normalized spacial score (nSPS) is 13.0. The Morgan fingerprint density at radius 3 is 0.938 bits per heavy atom. The highest BCUT2D eigenvalue weighted by molar-refractivity contribution is 7.19. The fourth-order valence-electron chi connectivity index (χ4n) is 5.23. The summed E-state index contributed by atoms with van der Waals surface area (Å²) in [4.78, 5) is 0. The van der Waals surface area contributed by atoms with Crippen molar-refractivity contribution in [2.75, 3.05) is 0 Å². The molecule has 0 nitrogen and oxygen atoms in total. The number of rotatable bonds is 26. The summed E-state index contributed by atoms with van der Waals surface area (Å²) in [5.41, 5.74) is 0. The van der Waals surface area contributed by atoms with Gasteiger partial charge < -0.3 is 0 Å². The lowest BCUT2D eigenvalue weighted by Gasteiger charge is -2.23. The molecule has 0 unspecified atom stereocenters. The highest BCUT2D eigenvalue weighted by Gasteiger charge is 2.22. The summed E-state index contributed by atoms with van der Waals surface area (Å²) in [6.45, 7) is 9.31. The Morgan fingerprint density at radius 2 is 0.688 bits per heavy atom. The van der Waals surface area contributed by atoms with E-state index in [4.69, 9.17) is 11.1 Å². The molecule has 0 aromatic heterocycles. The van der Waals surface area contributed by atoms with E-state index < -0.39 is 7.38 Å². The van der Waals surface area contributed by atoms with Gasteiger partial charge in [0.25, 0.3) is 0 Å². The van der Waals surface area contributed by atoms with Crippen molar-refractivity contribution in [1.29, 1.82) is 0 Å². The molecule has 0 aromatic rings. The van der Waals surface area contributed by atoms with Gasteiger partial charge in [0.1, 0.15) is 0 Å². The van der Waals surface area contributed by atoms with Crippen LogP contribution in [0.25, 0.3) is 0 Å². The van der Waals surface area contributed by atoms with Crippen molar-refractivity contribution in [2.45, 2.75) is 187 Å². The molecule has 2 heteroatoms. The van der Waals surface area contributed by atoms with Gasteiger partial charge in [0.15, 0.2) is 7.38 Å². The van der Waals surface area contributed by atoms with E-state index in [2.05, 4.69) is 26.9 Å². The molecule has 0 rings (SSSR count). The minimum Gasteiger partial charge on any atom is -0.168 e. The van der Waals surface area contributed by atoms with Crippen LogP contribution in [0.15, 0.2) is 0 Å². The first-order chi connectivity index (χ1) is 15.5. The van der Waals surface area contributed by atoms with E-state index in [1.807, 2.05) is 0 Å². The molecule has 0 saturated heterocycles. The molecule has 0 N–H and O–H groups in total. The second kappa shape index (κ2) is 24.6. The Balaban J connectivity index is 3.66. The molecule has 0 aliphatic heterocycles. The number of unbranched alkanes of at least 4 members (excludes halogenated alkanes) is 20. The van der Waals surface area contributed by atoms with E-state index in [0.29, 0.717) is 0 Å². The van der Waals surface area contributed by atoms with E-state index >= 15 is 0 Å². The van der Waals surface area contributed by atoms with E-state index in [-0.39, 0.29) is 0 Å². The lowest BCUT2D eigenvalue weighted by molar-refractivity contribution is 0.427. The molecule has 0 spiro atoms. The SMILES string of the molecule is CCCCCCCCCCCCCC[C@@H](CCCCCCCCCCCC)C[Si](C)(C)Cl. The molecule has 0 aromatic carbocycles. The molecule has 194 valence electrons. The highest BCUT2D eigenvalue weighted by Crippen LogP contribution is 2.29. The molecular weight excluding hydrogens is 424 g/mol. The molecule has 0 aliphatic carbocycles. The molecule has 0 bridgehead atoms. The second-order valence-corrected chi connectivity index (χ2v) is 18.4. The first-order valence-electron chi connectivity index (χ1n) is 15.2. The van der Waals surface area contributed by atoms with Crippen LogP contribution >= 0.6 is 11.1 Å².